The molecule has 0 bridgehead atoms. The van der Waals surface area contributed by atoms with Crippen LogP contribution in [0.5, 0.6) is 0 Å². The minimum absolute atomic E-state index is 0.0491. The number of likely N-dealkylation sites (N-methyl/N-ethyl adjacent to an activating group) is 1. The van der Waals surface area contributed by atoms with Crippen LogP contribution in [0.3, 0.4) is 0 Å². The molecular formula is C14H21N3O5. The smallest absolute Gasteiger partial charge is 0.413 e. The van der Waals surface area contributed by atoms with Crippen LogP contribution >= 0.6 is 0 Å². The van der Waals surface area contributed by atoms with Gasteiger partial charge in [0.05, 0.1) is 32.5 Å². The minimum Gasteiger partial charge on any atom is -0.467 e. The molecule has 0 aromatic carbocycles. The van der Waals surface area contributed by atoms with Crippen LogP contribution in [0.2, 0.25) is 0 Å². The predicted octanol–water partition coefficient (Wildman–Crippen LogP) is 0.490. The lowest BCUT2D eigenvalue weighted by molar-refractivity contribution is -0.124. The zero-order valence-corrected chi connectivity index (χ0v) is 12.8. The molecule has 0 fully saturated rings. The van der Waals surface area contributed by atoms with Gasteiger partial charge in [0.1, 0.15) is 5.76 Å². The summed E-state index contributed by atoms with van der Waals surface area (Å²) in [4.78, 5) is 36.1. The minimum atomic E-state index is -0.786. The van der Waals surface area contributed by atoms with Gasteiger partial charge >= 0.3 is 6.09 Å². The van der Waals surface area contributed by atoms with Crippen molar-refractivity contribution in [1.29, 1.82) is 0 Å². The Labute approximate surface area is 128 Å². The molecule has 0 unspecified atom stereocenters. The summed E-state index contributed by atoms with van der Waals surface area (Å²) in [5.74, 6) is -0.0993. The monoisotopic (exact) mass is 311 g/mol. The van der Waals surface area contributed by atoms with E-state index in [1.807, 2.05) is 6.92 Å². The van der Waals surface area contributed by atoms with Crippen LogP contribution in [0.4, 0.5) is 4.79 Å². The van der Waals surface area contributed by atoms with Gasteiger partial charge in [0.2, 0.25) is 11.8 Å². The number of hydrogen-bond acceptors (Lipinski definition) is 6. The van der Waals surface area contributed by atoms with E-state index in [4.69, 9.17) is 4.42 Å². The maximum Gasteiger partial charge on any atom is 0.413 e. The summed E-state index contributed by atoms with van der Waals surface area (Å²) < 4.78 is 9.71. The molecule has 0 saturated heterocycles. The molecule has 3 amide bonds. The standard InChI is InChI=1S/C14H21N3O5/c1-3-17(10-13(19)16-14(20)21-4-2)9-12(18)15-8-11-6-5-7-22-11/h5-7H,3-4,8-10H2,1-2H3,(H,15,18)(H,16,19,20). The van der Waals surface area contributed by atoms with E-state index in [-0.39, 0.29) is 25.6 Å². The number of nitrogens with zero attached hydrogens (tertiary/aromatic N) is 1. The highest BCUT2D eigenvalue weighted by molar-refractivity contribution is 5.93. The van der Waals surface area contributed by atoms with Crippen molar-refractivity contribution in [2.45, 2.75) is 20.4 Å². The van der Waals surface area contributed by atoms with Crippen molar-refractivity contribution in [2.75, 3.05) is 26.2 Å². The highest BCUT2D eigenvalue weighted by atomic mass is 16.5. The van der Waals surface area contributed by atoms with Gasteiger partial charge in [0.25, 0.3) is 0 Å². The van der Waals surface area contributed by atoms with E-state index in [1.54, 1.807) is 24.0 Å². The number of hydrogen-bond donors (Lipinski definition) is 2. The van der Waals surface area contributed by atoms with Crippen molar-refractivity contribution in [1.82, 2.24) is 15.5 Å². The van der Waals surface area contributed by atoms with Crippen molar-refractivity contribution in [2.24, 2.45) is 0 Å². The summed E-state index contributed by atoms with van der Waals surface area (Å²) in [6.45, 7) is 4.41. The third-order valence-electron chi connectivity index (χ3n) is 2.74. The van der Waals surface area contributed by atoms with Gasteiger partial charge in [-0.15, -0.1) is 0 Å². The van der Waals surface area contributed by atoms with E-state index in [0.29, 0.717) is 18.8 Å². The van der Waals surface area contributed by atoms with Crippen molar-refractivity contribution in [3.63, 3.8) is 0 Å². The zero-order chi connectivity index (χ0) is 16.4. The first kappa shape index (κ1) is 17.7. The van der Waals surface area contributed by atoms with E-state index in [0.717, 1.165) is 0 Å². The van der Waals surface area contributed by atoms with Crippen LogP contribution in [0.25, 0.3) is 0 Å². The van der Waals surface area contributed by atoms with Crippen molar-refractivity contribution >= 4 is 17.9 Å². The van der Waals surface area contributed by atoms with Gasteiger partial charge in [-0.2, -0.15) is 0 Å². The Kier molecular flexibility index (Phi) is 7.69. The fourth-order valence-electron chi connectivity index (χ4n) is 1.66. The molecule has 1 rings (SSSR count). The summed E-state index contributed by atoms with van der Waals surface area (Å²) in [6, 6.07) is 3.49. The highest BCUT2D eigenvalue weighted by Crippen LogP contribution is 1.98. The molecule has 8 heteroatoms. The fraction of sp³-hybridized carbons (Fsp3) is 0.500. The SMILES string of the molecule is CCOC(=O)NC(=O)CN(CC)CC(=O)NCc1ccco1. The third kappa shape index (κ3) is 6.89. The molecule has 122 valence electrons. The van der Waals surface area contributed by atoms with Crippen LogP contribution in [0.15, 0.2) is 22.8 Å². The topological polar surface area (TPSA) is 101 Å². The number of carbonyl (C=O) groups is 3. The predicted molar refractivity (Wildman–Crippen MR) is 77.8 cm³/mol. The Morgan fingerprint density at radius 2 is 1.95 bits per heavy atom. The molecule has 0 aliphatic carbocycles. The van der Waals surface area contributed by atoms with E-state index in [9.17, 15) is 14.4 Å². The average molecular weight is 311 g/mol. The fourth-order valence-corrected chi connectivity index (χ4v) is 1.66. The molecule has 8 nitrogen and oxygen atoms in total. The number of carbonyl (C=O) groups excluding carboxylic acids is 3. The maximum absolute atomic E-state index is 11.8. The summed E-state index contributed by atoms with van der Waals surface area (Å²) in [7, 11) is 0. The Morgan fingerprint density at radius 3 is 2.55 bits per heavy atom. The van der Waals surface area contributed by atoms with Gasteiger partial charge in [0, 0.05) is 0 Å². The largest absolute Gasteiger partial charge is 0.467 e. The lowest BCUT2D eigenvalue weighted by Crippen LogP contribution is -2.44. The Balaban J connectivity index is 2.32. The molecule has 0 radical (unpaired) electrons. The van der Waals surface area contributed by atoms with E-state index >= 15 is 0 Å². The average Bonchev–Trinajstić information content (AvgIpc) is 2.97. The molecule has 0 saturated carbocycles. The number of furan rings is 1. The van der Waals surface area contributed by atoms with Crippen LogP contribution in [-0.2, 0) is 20.9 Å². The van der Waals surface area contributed by atoms with Gasteiger partial charge in [-0.05, 0) is 25.6 Å². The van der Waals surface area contributed by atoms with Gasteiger partial charge in [0.15, 0.2) is 0 Å². The number of imide groups is 1. The van der Waals surface area contributed by atoms with Crippen molar-refractivity contribution in [3.8, 4) is 0 Å². The van der Waals surface area contributed by atoms with Gasteiger partial charge in [-0.3, -0.25) is 19.8 Å². The molecule has 0 spiro atoms. The second-order valence-electron chi connectivity index (χ2n) is 4.43. The first-order valence-electron chi connectivity index (χ1n) is 7.03. The molecule has 0 aliphatic rings. The molecule has 0 atom stereocenters. The molecule has 2 N–H and O–H groups in total. The van der Waals surface area contributed by atoms with Gasteiger partial charge in [-0.1, -0.05) is 6.92 Å². The van der Waals surface area contributed by atoms with Crippen LogP contribution in [0.1, 0.15) is 19.6 Å². The molecular weight excluding hydrogens is 290 g/mol. The number of ether oxygens (including phenoxy) is 1. The van der Waals surface area contributed by atoms with Gasteiger partial charge in [-0.25, -0.2) is 4.79 Å². The molecule has 1 aromatic rings. The maximum atomic E-state index is 11.8. The van der Waals surface area contributed by atoms with Crippen molar-refractivity contribution < 1.29 is 23.5 Å². The number of nitrogens with one attached hydrogen (secondary N) is 2. The Bertz CT molecular complexity index is 487. The number of amides is 3. The zero-order valence-electron chi connectivity index (χ0n) is 12.8. The van der Waals surface area contributed by atoms with Gasteiger partial charge < -0.3 is 14.5 Å². The normalized spacial score (nSPS) is 10.3. The summed E-state index contributed by atoms with van der Waals surface area (Å²) in [5, 5.41) is 4.77. The third-order valence-corrected chi connectivity index (χ3v) is 2.74. The van der Waals surface area contributed by atoms with E-state index < -0.39 is 12.0 Å². The first-order chi connectivity index (χ1) is 10.5. The quantitative estimate of drug-likeness (QED) is 0.724. The van der Waals surface area contributed by atoms with Crippen molar-refractivity contribution in [3.05, 3.63) is 24.2 Å². The Hall–Kier alpha value is -2.35. The molecule has 1 aromatic heterocycles. The highest BCUT2D eigenvalue weighted by Gasteiger charge is 2.15. The van der Waals surface area contributed by atoms with Crippen LogP contribution in [0, 0.1) is 0 Å². The molecule has 0 aliphatic heterocycles. The Morgan fingerprint density at radius 1 is 1.23 bits per heavy atom. The summed E-state index contributed by atoms with van der Waals surface area (Å²) in [6.07, 6.45) is 0.741. The van der Waals surface area contributed by atoms with Crippen LogP contribution in [-0.4, -0.2) is 49.0 Å². The van der Waals surface area contributed by atoms with E-state index in [2.05, 4.69) is 15.4 Å². The lowest BCUT2D eigenvalue weighted by atomic mass is 10.4. The number of rotatable bonds is 8. The van der Waals surface area contributed by atoms with E-state index in [1.165, 1.54) is 6.26 Å². The lowest BCUT2D eigenvalue weighted by Gasteiger charge is -2.18. The second-order valence-corrected chi connectivity index (χ2v) is 4.43. The second kappa shape index (κ2) is 9.56. The van der Waals surface area contributed by atoms with Crippen LogP contribution < -0.4 is 10.6 Å². The molecule has 22 heavy (non-hydrogen) atoms. The number of alkyl carbamates (subject to hydrolysis) is 1. The molecule has 1 heterocycles. The first-order valence-corrected chi connectivity index (χ1v) is 7.03. The summed E-state index contributed by atoms with van der Waals surface area (Å²) >= 11 is 0. The summed E-state index contributed by atoms with van der Waals surface area (Å²) in [5.41, 5.74) is 0.